The fourth-order valence-electron chi connectivity index (χ4n) is 2.42. The maximum Gasteiger partial charge on any atom is 0.0574 e. The molecule has 1 N–H and O–H groups in total. The Kier molecular flexibility index (Phi) is 7.60. The molecule has 0 saturated heterocycles. The van der Waals surface area contributed by atoms with Gasteiger partial charge in [0.1, 0.15) is 0 Å². The molecule has 0 saturated carbocycles. The number of nitrogens with one attached hydrogen (secondary N) is 1. The van der Waals surface area contributed by atoms with E-state index in [0.29, 0.717) is 6.04 Å². The second-order valence-electron chi connectivity index (χ2n) is 5.51. The van der Waals surface area contributed by atoms with Crippen LogP contribution in [0.5, 0.6) is 0 Å². The van der Waals surface area contributed by atoms with Crippen molar-refractivity contribution in [1.29, 1.82) is 0 Å². The van der Waals surface area contributed by atoms with Crippen molar-refractivity contribution in [3.8, 4) is 0 Å². The summed E-state index contributed by atoms with van der Waals surface area (Å²) in [5.74, 6) is 0.722. The molecule has 0 aliphatic heterocycles. The number of hydrogen-bond donors (Lipinski definition) is 1. The van der Waals surface area contributed by atoms with Gasteiger partial charge in [-0.15, -0.1) is 0 Å². The molecule has 0 spiro atoms. The monoisotopic (exact) mass is 277 g/mol. The minimum atomic E-state index is 0.374. The summed E-state index contributed by atoms with van der Waals surface area (Å²) in [4.78, 5) is 7.08. The van der Waals surface area contributed by atoms with Crippen LogP contribution < -0.4 is 10.2 Å². The fourth-order valence-corrected chi connectivity index (χ4v) is 2.42. The maximum absolute atomic E-state index is 4.67. The van der Waals surface area contributed by atoms with Gasteiger partial charge in [0.05, 0.1) is 17.6 Å². The van der Waals surface area contributed by atoms with Gasteiger partial charge >= 0.3 is 0 Å². The van der Waals surface area contributed by atoms with Crippen LogP contribution in [-0.2, 0) is 0 Å². The normalized spacial score (nSPS) is 14.1. The molecule has 0 radical (unpaired) electrons. The molecule has 0 aliphatic rings. The molecule has 1 aromatic rings. The van der Waals surface area contributed by atoms with Gasteiger partial charge in [-0.2, -0.15) is 0 Å². The summed E-state index contributed by atoms with van der Waals surface area (Å²) in [7, 11) is 0. The van der Waals surface area contributed by atoms with E-state index in [0.717, 1.165) is 37.7 Å². The molecule has 1 aromatic heterocycles. The lowest BCUT2D eigenvalue weighted by molar-refractivity contribution is 0.524. The lowest BCUT2D eigenvalue weighted by Crippen LogP contribution is -2.28. The van der Waals surface area contributed by atoms with Gasteiger partial charge in [-0.05, 0) is 37.9 Å². The Morgan fingerprint density at radius 3 is 2.35 bits per heavy atom. The van der Waals surface area contributed by atoms with Crippen molar-refractivity contribution < 1.29 is 0 Å². The Balaban J connectivity index is 2.77. The van der Waals surface area contributed by atoms with Gasteiger partial charge < -0.3 is 10.2 Å². The molecule has 2 unspecified atom stereocenters. The number of anilines is 1. The molecular weight excluding hydrogens is 246 g/mol. The molecule has 0 aromatic carbocycles. The first-order chi connectivity index (χ1) is 9.65. The lowest BCUT2D eigenvalue weighted by Gasteiger charge is -2.26. The summed E-state index contributed by atoms with van der Waals surface area (Å²) in [6, 6.07) is 4.76. The van der Waals surface area contributed by atoms with Crippen molar-refractivity contribution in [2.45, 2.75) is 53.5 Å². The average molecular weight is 277 g/mol. The average Bonchev–Trinajstić information content (AvgIpc) is 2.50. The van der Waals surface area contributed by atoms with E-state index in [1.807, 2.05) is 6.20 Å². The Morgan fingerprint density at radius 2 is 1.90 bits per heavy atom. The first-order valence-electron chi connectivity index (χ1n) is 8.10. The van der Waals surface area contributed by atoms with Crippen molar-refractivity contribution in [2.75, 3.05) is 24.5 Å². The van der Waals surface area contributed by atoms with Crippen molar-refractivity contribution in [3.05, 3.63) is 24.0 Å². The topological polar surface area (TPSA) is 28.2 Å². The zero-order chi connectivity index (χ0) is 15.0. The first kappa shape index (κ1) is 17.0. The summed E-state index contributed by atoms with van der Waals surface area (Å²) in [5.41, 5.74) is 2.39. The largest absolute Gasteiger partial charge is 0.370 e. The molecule has 1 rings (SSSR count). The smallest absolute Gasteiger partial charge is 0.0574 e. The minimum Gasteiger partial charge on any atom is -0.370 e. The van der Waals surface area contributed by atoms with Crippen LogP contribution in [0.1, 0.15) is 59.2 Å². The number of nitrogens with zero attached hydrogens (tertiary/aromatic N) is 2. The summed E-state index contributed by atoms with van der Waals surface area (Å²) < 4.78 is 0. The highest BCUT2D eigenvalue weighted by molar-refractivity contribution is 5.44. The summed E-state index contributed by atoms with van der Waals surface area (Å²) in [6.07, 6.45) is 4.33. The van der Waals surface area contributed by atoms with Crippen LogP contribution in [0.3, 0.4) is 0 Å². The summed E-state index contributed by atoms with van der Waals surface area (Å²) >= 11 is 0. The van der Waals surface area contributed by atoms with Crippen molar-refractivity contribution in [1.82, 2.24) is 10.3 Å². The molecule has 0 fully saturated rings. The van der Waals surface area contributed by atoms with E-state index in [1.165, 1.54) is 12.1 Å². The van der Waals surface area contributed by atoms with Crippen molar-refractivity contribution in [2.24, 2.45) is 5.92 Å². The molecular formula is C17H31N3. The van der Waals surface area contributed by atoms with Gasteiger partial charge in [0.2, 0.25) is 0 Å². The molecule has 0 aliphatic carbocycles. The Morgan fingerprint density at radius 1 is 1.15 bits per heavy atom. The molecule has 20 heavy (non-hydrogen) atoms. The number of pyridine rings is 1. The van der Waals surface area contributed by atoms with E-state index in [2.05, 4.69) is 62.0 Å². The number of rotatable bonds is 9. The van der Waals surface area contributed by atoms with Gasteiger partial charge in [-0.1, -0.05) is 34.1 Å². The molecule has 2 atom stereocenters. The number of hydrogen-bond acceptors (Lipinski definition) is 3. The fraction of sp³-hybridized carbons (Fsp3) is 0.706. The van der Waals surface area contributed by atoms with E-state index >= 15 is 0 Å². The first-order valence-corrected chi connectivity index (χ1v) is 8.10. The number of aromatic nitrogens is 1. The highest BCUT2D eigenvalue weighted by Gasteiger charge is 2.12. The van der Waals surface area contributed by atoms with E-state index in [4.69, 9.17) is 0 Å². The SMILES string of the molecule is CCNC(CC)c1ccc(N(CC)CC(C)CC)cn1. The van der Waals surface area contributed by atoms with Crippen LogP contribution in [0.4, 0.5) is 5.69 Å². The highest BCUT2D eigenvalue weighted by atomic mass is 15.1. The zero-order valence-corrected chi connectivity index (χ0v) is 13.8. The van der Waals surface area contributed by atoms with Crippen molar-refractivity contribution in [3.63, 3.8) is 0 Å². The molecule has 0 bridgehead atoms. The van der Waals surface area contributed by atoms with Gasteiger partial charge in [0.25, 0.3) is 0 Å². The van der Waals surface area contributed by atoms with Gasteiger partial charge in [-0.3, -0.25) is 4.98 Å². The second-order valence-corrected chi connectivity index (χ2v) is 5.51. The second kappa shape index (κ2) is 8.96. The van der Waals surface area contributed by atoms with E-state index < -0.39 is 0 Å². The minimum absolute atomic E-state index is 0.374. The Labute approximate surface area is 124 Å². The highest BCUT2D eigenvalue weighted by Crippen LogP contribution is 2.19. The molecule has 114 valence electrons. The molecule has 1 heterocycles. The standard InChI is InChI=1S/C17H31N3/c1-6-14(5)13-20(9-4)15-10-11-17(19-12-15)16(7-2)18-8-3/h10-12,14,16,18H,6-9,13H2,1-5H3. The predicted octanol–water partition coefficient (Wildman–Crippen LogP) is 4.01. The van der Waals surface area contributed by atoms with Gasteiger partial charge in [0.15, 0.2) is 0 Å². The third-order valence-electron chi connectivity index (χ3n) is 3.96. The van der Waals surface area contributed by atoms with Crippen LogP contribution in [0.2, 0.25) is 0 Å². The third kappa shape index (κ3) is 4.78. The molecule has 0 amide bonds. The van der Waals surface area contributed by atoms with Crippen LogP contribution in [-0.4, -0.2) is 24.6 Å². The quantitative estimate of drug-likeness (QED) is 0.739. The Bertz CT molecular complexity index is 361. The van der Waals surface area contributed by atoms with Crippen molar-refractivity contribution >= 4 is 5.69 Å². The van der Waals surface area contributed by atoms with Crippen LogP contribution in [0.25, 0.3) is 0 Å². The summed E-state index contributed by atoms with van der Waals surface area (Å²) in [6.45, 7) is 14.2. The Hall–Kier alpha value is -1.09. The van der Waals surface area contributed by atoms with Crippen LogP contribution in [0, 0.1) is 5.92 Å². The predicted molar refractivity (Wildman–Crippen MR) is 88.3 cm³/mol. The molecule has 3 heteroatoms. The lowest BCUT2D eigenvalue weighted by atomic mass is 10.1. The van der Waals surface area contributed by atoms with Gasteiger partial charge in [0, 0.05) is 19.1 Å². The van der Waals surface area contributed by atoms with E-state index in [-0.39, 0.29) is 0 Å². The van der Waals surface area contributed by atoms with Crippen LogP contribution in [0.15, 0.2) is 18.3 Å². The van der Waals surface area contributed by atoms with Crippen LogP contribution >= 0.6 is 0 Å². The van der Waals surface area contributed by atoms with Gasteiger partial charge in [-0.25, -0.2) is 0 Å². The molecule has 3 nitrogen and oxygen atoms in total. The summed E-state index contributed by atoms with van der Waals surface area (Å²) in [5, 5.41) is 3.48. The van der Waals surface area contributed by atoms with E-state index in [1.54, 1.807) is 0 Å². The maximum atomic E-state index is 4.67. The van der Waals surface area contributed by atoms with E-state index in [9.17, 15) is 0 Å². The third-order valence-corrected chi connectivity index (χ3v) is 3.96. The zero-order valence-electron chi connectivity index (χ0n) is 13.8.